The van der Waals surface area contributed by atoms with Crippen molar-refractivity contribution in [1.82, 2.24) is 0 Å². The van der Waals surface area contributed by atoms with Crippen molar-refractivity contribution in [3.8, 4) is 5.75 Å². The average Bonchev–Trinajstić information content (AvgIpc) is 2.86. The Kier molecular flexibility index (Phi) is 8.80. The Hall–Kier alpha value is -2.16. The predicted molar refractivity (Wildman–Crippen MR) is 136 cm³/mol. The summed E-state index contributed by atoms with van der Waals surface area (Å²) in [6.45, 7) is 4.47. The molecule has 0 aliphatic heterocycles. The second-order valence-corrected chi connectivity index (χ2v) is 10.5. The molecule has 0 amide bonds. The predicted octanol–water partition coefficient (Wildman–Crippen LogP) is 9.15. The lowest BCUT2D eigenvalue weighted by Gasteiger charge is -2.42. The number of aryl methyl sites for hydroxylation is 1. The minimum absolute atomic E-state index is 0.0200. The molecule has 0 radical (unpaired) electrons. The van der Waals surface area contributed by atoms with E-state index in [9.17, 15) is 8.78 Å². The third-order valence-corrected chi connectivity index (χ3v) is 8.21. The maximum Gasteiger partial charge on any atom is 0.200 e. The van der Waals surface area contributed by atoms with E-state index in [-0.39, 0.29) is 12.4 Å². The van der Waals surface area contributed by atoms with Gasteiger partial charge in [0.15, 0.2) is 11.6 Å². The second kappa shape index (κ2) is 12.0. The maximum atomic E-state index is 14.5. The van der Waals surface area contributed by atoms with Crippen LogP contribution in [0.25, 0.3) is 0 Å². The quantitative estimate of drug-likeness (QED) is 0.335. The van der Waals surface area contributed by atoms with Crippen molar-refractivity contribution in [3.63, 3.8) is 0 Å². The van der Waals surface area contributed by atoms with Crippen LogP contribution in [-0.2, 0) is 13.0 Å². The molecule has 0 N–H and O–H groups in total. The normalized spacial score (nSPS) is 24.8. The van der Waals surface area contributed by atoms with Crippen LogP contribution in [-0.4, -0.2) is 0 Å². The lowest BCUT2D eigenvalue weighted by molar-refractivity contribution is 0.114. The van der Waals surface area contributed by atoms with Crippen LogP contribution >= 0.6 is 0 Å². The van der Waals surface area contributed by atoms with Gasteiger partial charge in [0, 0.05) is 0 Å². The summed E-state index contributed by atoms with van der Waals surface area (Å²) in [6, 6.07) is 11.8. The highest BCUT2D eigenvalue weighted by Gasteiger charge is 2.35. The number of fused-ring (bicyclic) bond motifs is 1. The van der Waals surface area contributed by atoms with Crippen LogP contribution in [0, 0.1) is 29.4 Å². The molecule has 1 nitrogen and oxygen atoms in total. The van der Waals surface area contributed by atoms with Crippen LogP contribution in [0.5, 0.6) is 5.75 Å². The van der Waals surface area contributed by atoms with E-state index in [1.165, 1.54) is 56.9 Å². The van der Waals surface area contributed by atoms with Gasteiger partial charge >= 0.3 is 0 Å². The van der Waals surface area contributed by atoms with E-state index in [1.54, 1.807) is 12.1 Å². The van der Waals surface area contributed by atoms with Crippen LogP contribution in [0.15, 0.2) is 48.6 Å². The molecule has 0 bridgehead atoms. The molecule has 4 unspecified atom stereocenters. The van der Waals surface area contributed by atoms with Gasteiger partial charge in [-0.25, -0.2) is 4.39 Å². The Bertz CT molecular complexity index is 949. The Morgan fingerprint density at radius 1 is 0.912 bits per heavy atom. The standard InChI is InChI=1S/C31H40F2O/c1-3-5-6-8-25-17-18-29(31(33)30(25)32)34-21-23-10-12-24(13-11-23)27-16-15-26-19-22(7-4-2)9-14-28(26)20-27/h3,5,10-13,17-18,22,26-28H,4,6-9,14-16,19-21H2,1-2H3/b5-3+. The topological polar surface area (TPSA) is 9.23 Å². The smallest absolute Gasteiger partial charge is 0.200 e. The SMILES string of the molecule is C/C=C/CCc1ccc(OCc2ccc(C3CCC4CC(CCC)CCC4C3)cc2)c(F)c1F. The van der Waals surface area contributed by atoms with Gasteiger partial charge in [-0.1, -0.05) is 68.7 Å². The molecule has 0 heterocycles. The van der Waals surface area contributed by atoms with Crippen molar-refractivity contribution in [2.45, 2.75) is 90.6 Å². The second-order valence-electron chi connectivity index (χ2n) is 10.5. The van der Waals surface area contributed by atoms with Crippen molar-refractivity contribution in [1.29, 1.82) is 0 Å². The Balaban J connectivity index is 1.30. The summed E-state index contributed by atoms with van der Waals surface area (Å²) >= 11 is 0. The van der Waals surface area contributed by atoms with E-state index in [0.29, 0.717) is 24.3 Å². The molecule has 184 valence electrons. The fourth-order valence-corrected chi connectivity index (χ4v) is 6.29. The highest BCUT2D eigenvalue weighted by atomic mass is 19.2. The summed E-state index contributed by atoms with van der Waals surface area (Å²) in [4.78, 5) is 0. The van der Waals surface area contributed by atoms with Gasteiger partial charge in [-0.2, -0.15) is 4.39 Å². The molecule has 0 spiro atoms. The zero-order valence-corrected chi connectivity index (χ0v) is 20.9. The molecule has 2 aromatic rings. The number of benzene rings is 2. The van der Waals surface area contributed by atoms with Crippen LogP contribution in [0.2, 0.25) is 0 Å². The Labute approximate surface area is 204 Å². The average molecular weight is 467 g/mol. The number of ether oxygens (including phenoxy) is 1. The van der Waals surface area contributed by atoms with Crippen molar-refractivity contribution in [2.75, 3.05) is 0 Å². The first-order valence-electron chi connectivity index (χ1n) is 13.4. The molecule has 34 heavy (non-hydrogen) atoms. The van der Waals surface area contributed by atoms with E-state index >= 15 is 0 Å². The van der Waals surface area contributed by atoms with Crippen LogP contribution in [0.1, 0.15) is 94.2 Å². The molecule has 0 saturated heterocycles. The molecule has 0 aromatic heterocycles. The van der Waals surface area contributed by atoms with Crippen LogP contribution < -0.4 is 4.74 Å². The number of hydrogen-bond acceptors (Lipinski definition) is 1. The number of rotatable bonds is 9. The fraction of sp³-hybridized carbons (Fsp3) is 0.548. The maximum absolute atomic E-state index is 14.5. The van der Waals surface area contributed by atoms with Crippen molar-refractivity contribution in [3.05, 3.63) is 76.9 Å². The monoisotopic (exact) mass is 466 g/mol. The molecule has 4 rings (SSSR count). The largest absolute Gasteiger partial charge is 0.486 e. The van der Waals surface area contributed by atoms with Gasteiger partial charge in [-0.05, 0) is 98.3 Å². The van der Waals surface area contributed by atoms with Gasteiger partial charge in [0.1, 0.15) is 6.61 Å². The molecule has 2 aliphatic carbocycles. The minimum Gasteiger partial charge on any atom is -0.486 e. The van der Waals surface area contributed by atoms with Gasteiger partial charge in [0.25, 0.3) is 0 Å². The summed E-state index contributed by atoms with van der Waals surface area (Å²) in [5.41, 5.74) is 2.79. The summed E-state index contributed by atoms with van der Waals surface area (Å²) in [5, 5.41) is 0. The molecule has 2 aromatic carbocycles. The highest BCUT2D eigenvalue weighted by molar-refractivity contribution is 5.32. The van der Waals surface area contributed by atoms with E-state index < -0.39 is 11.6 Å². The van der Waals surface area contributed by atoms with Gasteiger partial charge in [0.05, 0.1) is 0 Å². The fourth-order valence-electron chi connectivity index (χ4n) is 6.29. The molecular formula is C31H40F2O. The molecular weight excluding hydrogens is 426 g/mol. The van der Waals surface area contributed by atoms with Gasteiger partial charge in [-0.15, -0.1) is 0 Å². The first-order valence-corrected chi connectivity index (χ1v) is 13.4. The van der Waals surface area contributed by atoms with Crippen molar-refractivity contribution < 1.29 is 13.5 Å². The van der Waals surface area contributed by atoms with Crippen molar-refractivity contribution >= 4 is 0 Å². The van der Waals surface area contributed by atoms with Crippen molar-refractivity contribution in [2.24, 2.45) is 17.8 Å². The van der Waals surface area contributed by atoms with Crippen LogP contribution in [0.3, 0.4) is 0 Å². The van der Waals surface area contributed by atoms with Gasteiger partial charge in [0.2, 0.25) is 5.82 Å². The Morgan fingerprint density at radius 3 is 2.44 bits per heavy atom. The number of hydrogen-bond donors (Lipinski definition) is 0. The van der Waals surface area contributed by atoms with Gasteiger partial charge < -0.3 is 4.74 Å². The molecule has 3 heteroatoms. The highest BCUT2D eigenvalue weighted by Crippen LogP contribution is 2.48. The van der Waals surface area contributed by atoms with E-state index in [1.807, 2.05) is 19.1 Å². The molecule has 2 aliphatic rings. The zero-order chi connectivity index (χ0) is 23.9. The molecule has 2 saturated carbocycles. The zero-order valence-electron chi connectivity index (χ0n) is 20.9. The first kappa shape index (κ1) is 24.9. The summed E-state index contributed by atoms with van der Waals surface area (Å²) in [7, 11) is 0. The molecule has 2 fully saturated rings. The third-order valence-electron chi connectivity index (χ3n) is 8.21. The summed E-state index contributed by atoms with van der Waals surface area (Å²) in [6.07, 6.45) is 16.1. The lowest BCUT2D eigenvalue weighted by atomic mass is 9.63. The number of allylic oxidation sites excluding steroid dienone is 2. The lowest BCUT2D eigenvalue weighted by Crippen LogP contribution is -2.30. The Morgan fingerprint density at radius 2 is 1.68 bits per heavy atom. The molecule has 4 atom stereocenters. The number of halogens is 2. The minimum atomic E-state index is -0.889. The van der Waals surface area contributed by atoms with Crippen LogP contribution in [0.4, 0.5) is 8.78 Å². The van der Waals surface area contributed by atoms with E-state index in [4.69, 9.17) is 4.74 Å². The summed E-state index contributed by atoms with van der Waals surface area (Å²) in [5.74, 6) is 1.76. The van der Waals surface area contributed by atoms with E-state index in [0.717, 1.165) is 23.3 Å². The summed E-state index contributed by atoms with van der Waals surface area (Å²) < 4.78 is 34.5. The van der Waals surface area contributed by atoms with E-state index in [2.05, 4.69) is 31.2 Å². The third kappa shape index (κ3) is 6.09. The first-order chi connectivity index (χ1) is 16.6. The van der Waals surface area contributed by atoms with Gasteiger partial charge in [-0.3, -0.25) is 0 Å².